The molecule has 0 unspecified atom stereocenters. The second-order valence-corrected chi connectivity index (χ2v) is 3.87. The van der Waals surface area contributed by atoms with Crippen LogP contribution in [0.15, 0.2) is 0 Å². The number of hydrogen-bond donors (Lipinski definition) is 1. The number of nitrogens with zero attached hydrogens (tertiary/aromatic N) is 1. The highest BCUT2D eigenvalue weighted by atomic mass is 16.6. The molecule has 0 radical (unpaired) electrons. The predicted molar refractivity (Wildman–Crippen MR) is 60.3 cm³/mol. The van der Waals surface area contributed by atoms with E-state index in [0.29, 0.717) is 13.0 Å². The zero-order valence-corrected chi connectivity index (χ0v) is 9.61. The fourth-order valence-electron chi connectivity index (χ4n) is 1.60. The smallest absolute Gasteiger partial charge is 0.409 e. The number of carbonyl (C=O) groups excluding carboxylic acids is 2. The lowest BCUT2D eigenvalue weighted by Gasteiger charge is -2.26. The van der Waals surface area contributed by atoms with Crippen molar-refractivity contribution in [2.75, 3.05) is 32.8 Å². The summed E-state index contributed by atoms with van der Waals surface area (Å²) in [7, 11) is 0. The van der Waals surface area contributed by atoms with Crippen molar-refractivity contribution < 1.29 is 14.3 Å². The Hall–Kier alpha value is -1.10. The number of piperazine rings is 1. The molecule has 1 fully saturated rings. The van der Waals surface area contributed by atoms with Crippen LogP contribution in [0.3, 0.4) is 0 Å². The summed E-state index contributed by atoms with van der Waals surface area (Å²) >= 11 is 0. The van der Waals surface area contributed by atoms with Crippen LogP contribution in [0.4, 0.5) is 4.79 Å². The van der Waals surface area contributed by atoms with Crippen molar-refractivity contribution in [2.24, 2.45) is 0 Å². The molecule has 0 saturated carbocycles. The zero-order chi connectivity index (χ0) is 11.6. The number of unbranched alkanes of at least 4 members (excludes halogenated alkanes) is 3. The molecule has 0 aromatic heterocycles. The average molecular weight is 228 g/mol. The highest BCUT2D eigenvalue weighted by Gasteiger charge is 2.16. The Bertz CT molecular complexity index is 215. The van der Waals surface area contributed by atoms with Crippen LogP contribution < -0.4 is 5.32 Å². The Labute approximate surface area is 96.1 Å². The molecule has 0 aromatic carbocycles. The van der Waals surface area contributed by atoms with Gasteiger partial charge in [0.05, 0.1) is 6.61 Å². The van der Waals surface area contributed by atoms with Gasteiger partial charge in [-0.05, 0) is 19.3 Å². The lowest BCUT2D eigenvalue weighted by molar-refractivity contribution is -0.107. The normalized spacial score (nSPS) is 15.9. The van der Waals surface area contributed by atoms with Gasteiger partial charge < -0.3 is 19.7 Å². The highest BCUT2D eigenvalue weighted by molar-refractivity contribution is 5.67. The third kappa shape index (κ3) is 5.11. The summed E-state index contributed by atoms with van der Waals surface area (Å²) in [5.74, 6) is 0. The van der Waals surface area contributed by atoms with Gasteiger partial charge in [0.15, 0.2) is 0 Å². The van der Waals surface area contributed by atoms with Crippen LogP contribution in [0.25, 0.3) is 0 Å². The highest BCUT2D eigenvalue weighted by Crippen LogP contribution is 2.01. The van der Waals surface area contributed by atoms with E-state index in [1.807, 2.05) is 0 Å². The van der Waals surface area contributed by atoms with Gasteiger partial charge in [-0.2, -0.15) is 0 Å². The van der Waals surface area contributed by atoms with E-state index in [9.17, 15) is 9.59 Å². The molecule has 1 amide bonds. The van der Waals surface area contributed by atoms with Crippen molar-refractivity contribution in [3.8, 4) is 0 Å². The Morgan fingerprint density at radius 1 is 1.25 bits per heavy atom. The topological polar surface area (TPSA) is 58.6 Å². The average Bonchev–Trinajstić information content (AvgIpc) is 2.34. The van der Waals surface area contributed by atoms with Gasteiger partial charge in [0.1, 0.15) is 6.29 Å². The second-order valence-electron chi connectivity index (χ2n) is 3.87. The van der Waals surface area contributed by atoms with E-state index in [1.54, 1.807) is 4.90 Å². The van der Waals surface area contributed by atoms with E-state index in [2.05, 4.69) is 5.32 Å². The van der Waals surface area contributed by atoms with Crippen LogP contribution in [0, 0.1) is 0 Å². The molecule has 5 nitrogen and oxygen atoms in total. The number of carbonyl (C=O) groups is 2. The van der Waals surface area contributed by atoms with Gasteiger partial charge in [0.25, 0.3) is 0 Å². The molecule has 92 valence electrons. The van der Waals surface area contributed by atoms with E-state index in [4.69, 9.17) is 4.74 Å². The van der Waals surface area contributed by atoms with Crippen molar-refractivity contribution in [3.05, 3.63) is 0 Å². The van der Waals surface area contributed by atoms with Gasteiger partial charge in [-0.1, -0.05) is 0 Å². The second kappa shape index (κ2) is 8.10. The first-order valence-electron chi connectivity index (χ1n) is 5.90. The standard InChI is InChI=1S/C11H20N2O3/c14-9-3-1-2-4-10-16-11(15)13-7-5-12-6-8-13/h9,12H,1-8,10H2. The molecule has 1 aliphatic rings. The Morgan fingerprint density at radius 2 is 2.00 bits per heavy atom. The summed E-state index contributed by atoms with van der Waals surface area (Å²) in [6.45, 7) is 3.60. The Balaban J connectivity index is 1.99. The van der Waals surface area contributed by atoms with E-state index in [1.165, 1.54) is 0 Å². The predicted octanol–water partition coefficient (Wildman–Crippen LogP) is 0.787. The van der Waals surface area contributed by atoms with E-state index >= 15 is 0 Å². The summed E-state index contributed by atoms with van der Waals surface area (Å²) in [6, 6.07) is 0. The fourth-order valence-corrected chi connectivity index (χ4v) is 1.60. The van der Waals surface area contributed by atoms with E-state index < -0.39 is 0 Å². The summed E-state index contributed by atoms with van der Waals surface area (Å²) in [6.07, 6.45) is 3.98. The van der Waals surface area contributed by atoms with Crippen LogP contribution in [-0.4, -0.2) is 50.1 Å². The van der Waals surface area contributed by atoms with E-state index in [0.717, 1.165) is 51.7 Å². The molecule has 1 rings (SSSR count). The molecule has 1 N–H and O–H groups in total. The maximum Gasteiger partial charge on any atom is 0.409 e. The van der Waals surface area contributed by atoms with Gasteiger partial charge in [0, 0.05) is 32.6 Å². The van der Waals surface area contributed by atoms with Crippen molar-refractivity contribution in [1.29, 1.82) is 0 Å². The third-order valence-electron chi connectivity index (χ3n) is 2.57. The van der Waals surface area contributed by atoms with Gasteiger partial charge in [-0.25, -0.2) is 4.79 Å². The van der Waals surface area contributed by atoms with Crippen molar-refractivity contribution in [3.63, 3.8) is 0 Å². The molecule has 1 aliphatic heterocycles. The summed E-state index contributed by atoms with van der Waals surface area (Å²) < 4.78 is 5.13. The first kappa shape index (κ1) is 13.0. The molecule has 5 heteroatoms. The molecule has 1 saturated heterocycles. The summed E-state index contributed by atoms with van der Waals surface area (Å²) in [5, 5.41) is 3.18. The summed E-state index contributed by atoms with van der Waals surface area (Å²) in [5.41, 5.74) is 0. The minimum Gasteiger partial charge on any atom is -0.449 e. The van der Waals surface area contributed by atoms with Crippen molar-refractivity contribution in [2.45, 2.75) is 25.7 Å². The molecule has 0 atom stereocenters. The monoisotopic (exact) mass is 228 g/mol. The number of hydrogen-bond acceptors (Lipinski definition) is 4. The largest absolute Gasteiger partial charge is 0.449 e. The van der Waals surface area contributed by atoms with Crippen LogP contribution in [0.1, 0.15) is 25.7 Å². The van der Waals surface area contributed by atoms with Crippen molar-refractivity contribution >= 4 is 12.4 Å². The minimum atomic E-state index is -0.211. The number of ether oxygens (including phenoxy) is 1. The number of amides is 1. The molecule has 0 aliphatic carbocycles. The lowest BCUT2D eigenvalue weighted by Crippen LogP contribution is -2.46. The molecule has 0 spiro atoms. The summed E-state index contributed by atoms with van der Waals surface area (Å²) in [4.78, 5) is 23.3. The van der Waals surface area contributed by atoms with Crippen LogP contribution in [-0.2, 0) is 9.53 Å². The molecule has 0 aromatic rings. The molecule has 1 heterocycles. The molecule has 0 bridgehead atoms. The SMILES string of the molecule is O=CCCCCCOC(=O)N1CCNCC1. The Morgan fingerprint density at radius 3 is 2.69 bits per heavy atom. The quantitative estimate of drug-likeness (QED) is 0.539. The van der Waals surface area contributed by atoms with E-state index in [-0.39, 0.29) is 6.09 Å². The third-order valence-corrected chi connectivity index (χ3v) is 2.57. The van der Waals surface area contributed by atoms with Crippen LogP contribution >= 0.6 is 0 Å². The number of nitrogens with one attached hydrogen (secondary N) is 1. The van der Waals surface area contributed by atoms with Crippen LogP contribution in [0.2, 0.25) is 0 Å². The number of aldehydes is 1. The maximum atomic E-state index is 11.5. The molecular weight excluding hydrogens is 208 g/mol. The lowest BCUT2D eigenvalue weighted by atomic mass is 10.2. The van der Waals surface area contributed by atoms with Gasteiger partial charge in [-0.3, -0.25) is 0 Å². The van der Waals surface area contributed by atoms with Crippen LogP contribution in [0.5, 0.6) is 0 Å². The Kier molecular flexibility index (Phi) is 6.56. The van der Waals surface area contributed by atoms with Gasteiger partial charge in [0.2, 0.25) is 0 Å². The first-order chi connectivity index (χ1) is 7.84. The zero-order valence-electron chi connectivity index (χ0n) is 9.61. The van der Waals surface area contributed by atoms with Gasteiger partial charge in [-0.15, -0.1) is 0 Å². The molecular formula is C11H20N2O3. The van der Waals surface area contributed by atoms with Crippen molar-refractivity contribution in [1.82, 2.24) is 10.2 Å². The molecule has 16 heavy (non-hydrogen) atoms. The number of rotatable bonds is 6. The first-order valence-corrected chi connectivity index (χ1v) is 5.90. The maximum absolute atomic E-state index is 11.5. The van der Waals surface area contributed by atoms with Gasteiger partial charge >= 0.3 is 6.09 Å². The fraction of sp³-hybridized carbons (Fsp3) is 0.818. The minimum absolute atomic E-state index is 0.211.